The van der Waals surface area contributed by atoms with E-state index in [2.05, 4.69) is 11.4 Å². The molecule has 2 aromatic rings. The largest absolute Gasteiger partial charge is 0.480 e. The summed E-state index contributed by atoms with van der Waals surface area (Å²) in [7, 11) is 0. The van der Waals surface area contributed by atoms with Crippen molar-refractivity contribution in [2.45, 2.75) is 90.5 Å². The van der Waals surface area contributed by atoms with Gasteiger partial charge in [-0.1, -0.05) is 39.0 Å². The molecule has 0 spiro atoms. The van der Waals surface area contributed by atoms with Crippen LogP contribution in [0.5, 0.6) is 5.88 Å². The zero-order chi connectivity index (χ0) is 27.1. The van der Waals surface area contributed by atoms with Gasteiger partial charge in [-0.25, -0.2) is 14.6 Å². The summed E-state index contributed by atoms with van der Waals surface area (Å²) in [5, 5.41) is 14.5. The Kier molecular flexibility index (Phi) is 7.10. The molecule has 2 N–H and O–H groups in total. The summed E-state index contributed by atoms with van der Waals surface area (Å²) in [4.78, 5) is 44.5. The number of fused-ring (bicyclic) bond motifs is 1. The Hall–Kier alpha value is -3.36. The first-order chi connectivity index (χ1) is 17.2. The molecule has 9 nitrogen and oxygen atoms in total. The number of hydrogen-bond donors (Lipinski definition) is 2. The summed E-state index contributed by atoms with van der Waals surface area (Å²) in [6.07, 6.45) is 1.02. The predicted octanol–water partition coefficient (Wildman–Crippen LogP) is 4.48. The van der Waals surface area contributed by atoms with Crippen molar-refractivity contribution in [1.29, 1.82) is 0 Å². The van der Waals surface area contributed by atoms with Crippen LogP contribution in [-0.2, 0) is 14.3 Å². The van der Waals surface area contributed by atoms with Gasteiger partial charge in [0.15, 0.2) is 0 Å². The zero-order valence-corrected chi connectivity index (χ0v) is 22.4. The minimum absolute atomic E-state index is 0.0715. The summed E-state index contributed by atoms with van der Waals surface area (Å²) in [5.41, 5.74) is -0.452. The van der Waals surface area contributed by atoms with Crippen LogP contribution < -0.4 is 10.1 Å². The fourth-order valence-electron chi connectivity index (χ4n) is 4.62. The number of nitrogens with one attached hydrogen (secondary N) is 1. The second-order valence-corrected chi connectivity index (χ2v) is 12.1. The number of ether oxygens (including phenoxy) is 2. The van der Waals surface area contributed by atoms with Crippen molar-refractivity contribution in [2.75, 3.05) is 6.54 Å². The second-order valence-electron chi connectivity index (χ2n) is 12.1. The van der Waals surface area contributed by atoms with Gasteiger partial charge in [-0.3, -0.25) is 4.79 Å². The standard InChI is InChI=1S/C28H37N3O6/c1-27(2,3)22(30-26(35)37-28(4,5)6)24(32)31-15-18(14-21(31)25(33)34)36-23-19-10-8-7-9-17(19)13-20(29-23)16-11-12-16/h7-10,13,16,18,21-22H,11-12,14-15H2,1-6H3,(H,30,35)(H,33,34). The zero-order valence-electron chi connectivity index (χ0n) is 22.4. The van der Waals surface area contributed by atoms with Gasteiger partial charge in [0.2, 0.25) is 11.8 Å². The lowest BCUT2D eigenvalue weighted by atomic mass is 9.85. The first-order valence-electron chi connectivity index (χ1n) is 12.8. The lowest BCUT2D eigenvalue weighted by molar-refractivity contribution is -0.150. The molecule has 3 atom stereocenters. The van der Waals surface area contributed by atoms with Gasteiger partial charge >= 0.3 is 12.1 Å². The highest BCUT2D eigenvalue weighted by Gasteiger charge is 2.46. The Morgan fingerprint density at radius 1 is 1.11 bits per heavy atom. The van der Waals surface area contributed by atoms with Crippen molar-refractivity contribution < 1.29 is 29.0 Å². The van der Waals surface area contributed by atoms with E-state index in [-0.39, 0.29) is 13.0 Å². The molecule has 200 valence electrons. The molecule has 1 aromatic carbocycles. The number of likely N-dealkylation sites (tertiary alicyclic amines) is 1. The molecule has 37 heavy (non-hydrogen) atoms. The number of carbonyl (C=O) groups excluding carboxylic acids is 2. The highest BCUT2D eigenvalue weighted by Crippen LogP contribution is 2.41. The highest BCUT2D eigenvalue weighted by molar-refractivity contribution is 5.91. The van der Waals surface area contributed by atoms with E-state index in [9.17, 15) is 19.5 Å². The summed E-state index contributed by atoms with van der Waals surface area (Å²) in [6.45, 7) is 10.7. The maximum Gasteiger partial charge on any atom is 0.408 e. The average Bonchev–Trinajstić information content (AvgIpc) is 3.55. The Balaban J connectivity index is 1.57. The summed E-state index contributed by atoms with van der Waals surface area (Å²) in [6, 6.07) is 7.83. The van der Waals surface area contributed by atoms with Crippen LogP contribution in [0.4, 0.5) is 4.79 Å². The number of alkyl carbamates (subject to hydrolysis) is 1. The van der Waals surface area contributed by atoms with Crippen LogP contribution in [0.3, 0.4) is 0 Å². The average molecular weight is 512 g/mol. The number of rotatable bonds is 6. The number of pyridine rings is 1. The van der Waals surface area contributed by atoms with E-state index < -0.39 is 47.2 Å². The minimum Gasteiger partial charge on any atom is -0.480 e. The molecule has 2 heterocycles. The van der Waals surface area contributed by atoms with Crippen molar-refractivity contribution in [3.05, 3.63) is 36.0 Å². The number of benzene rings is 1. The molecule has 1 aromatic heterocycles. The highest BCUT2D eigenvalue weighted by atomic mass is 16.6. The Labute approximate surface area is 217 Å². The molecule has 0 bridgehead atoms. The van der Waals surface area contributed by atoms with Gasteiger partial charge < -0.3 is 24.8 Å². The lowest BCUT2D eigenvalue weighted by Gasteiger charge is -2.35. The Bertz CT molecular complexity index is 1190. The van der Waals surface area contributed by atoms with E-state index >= 15 is 0 Å². The topological polar surface area (TPSA) is 118 Å². The van der Waals surface area contributed by atoms with Gasteiger partial charge in [-0.2, -0.15) is 0 Å². The summed E-state index contributed by atoms with van der Waals surface area (Å²) in [5.74, 6) is -0.718. The number of nitrogens with zero attached hydrogens (tertiary/aromatic N) is 2. The molecule has 1 saturated carbocycles. The maximum absolute atomic E-state index is 13.7. The number of carboxylic acids is 1. The van der Waals surface area contributed by atoms with Crippen molar-refractivity contribution in [3.8, 4) is 5.88 Å². The first kappa shape index (κ1) is 26.7. The second kappa shape index (κ2) is 9.84. The Morgan fingerprint density at radius 3 is 2.38 bits per heavy atom. The third-order valence-corrected chi connectivity index (χ3v) is 6.60. The van der Waals surface area contributed by atoms with Gasteiger partial charge in [-0.15, -0.1) is 0 Å². The van der Waals surface area contributed by atoms with Gasteiger partial charge in [-0.05, 0) is 56.5 Å². The third kappa shape index (κ3) is 6.32. The fourth-order valence-corrected chi connectivity index (χ4v) is 4.62. The molecular weight excluding hydrogens is 474 g/mol. The molecule has 1 saturated heterocycles. The molecular formula is C28H37N3O6. The van der Waals surface area contributed by atoms with Crippen LogP contribution in [0.1, 0.15) is 72.4 Å². The van der Waals surface area contributed by atoms with Gasteiger partial charge in [0.1, 0.15) is 23.8 Å². The summed E-state index contributed by atoms with van der Waals surface area (Å²) < 4.78 is 11.7. The monoisotopic (exact) mass is 511 g/mol. The number of carboxylic acid groups (broad SMARTS) is 1. The lowest BCUT2D eigenvalue weighted by Crippen LogP contribution is -2.57. The molecule has 2 amide bonds. The van der Waals surface area contributed by atoms with Crippen molar-refractivity contribution in [2.24, 2.45) is 5.41 Å². The number of aliphatic carboxylic acids is 1. The van der Waals surface area contributed by atoms with Crippen LogP contribution in [-0.4, -0.2) is 63.3 Å². The number of amides is 2. The molecule has 9 heteroatoms. The van der Waals surface area contributed by atoms with E-state index in [4.69, 9.17) is 14.5 Å². The predicted molar refractivity (Wildman–Crippen MR) is 139 cm³/mol. The first-order valence-corrected chi connectivity index (χ1v) is 12.8. The fraction of sp³-hybridized carbons (Fsp3) is 0.571. The molecule has 1 aliphatic carbocycles. The molecule has 2 aliphatic rings. The number of aromatic nitrogens is 1. The summed E-state index contributed by atoms with van der Waals surface area (Å²) >= 11 is 0. The maximum atomic E-state index is 13.7. The molecule has 1 aliphatic heterocycles. The van der Waals surface area contributed by atoms with Crippen LogP contribution >= 0.6 is 0 Å². The van der Waals surface area contributed by atoms with E-state index in [0.717, 1.165) is 29.3 Å². The Morgan fingerprint density at radius 2 is 1.78 bits per heavy atom. The smallest absolute Gasteiger partial charge is 0.408 e. The normalized spacial score (nSPS) is 21.0. The number of carbonyl (C=O) groups is 3. The quantitative estimate of drug-likeness (QED) is 0.587. The van der Waals surface area contributed by atoms with Crippen molar-refractivity contribution in [1.82, 2.24) is 15.2 Å². The van der Waals surface area contributed by atoms with Crippen molar-refractivity contribution in [3.63, 3.8) is 0 Å². The minimum atomic E-state index is -1.12. The third-order valence-electron chi connectivity index (χ3n) is 6.60. The van der Waals surface area contributed by atoms with E-state index in [1.165, 1.54) is 4.90 Å². The van der Waals surface area contributed by atoms with Crippen LogP contribution in [0.2, 0.25) is 0 Å². The molecule has 4 rings (SSSR count). The molecule has 3 unspecified atom stereocenters. The van der Waals surface area contributed by atoms with Crippen LogP contribution in [0.15, 0.2) is 30.3 Å². The molecule has 2 fully saturated rings. The van der Waals surface area contributed by atoms with Gasteiger partial charge in [0, 0.05) is 23.4 Å². The van der Waals surface area contributed by atoms with Crippen molar-refractivity contribution >= 4 is 28.7 Å². The van der Waals surface area contributed by atoms with Gasteiger partial charge in [0.25, 0.3) is 0 Å². The van der Waals surface area contributed by atoms with Crippen LogP contribution in [0, 0.1) is 5.41 Å². The van der Waals surface area contributed by atoms with Crippen LogP contribution in [0.25, 0.3) is 10.8 Å². The van der Waals surface area contributed by atoms with E-state index in [1.807, 2.05) is 45.0 Å². The SMILES string of the molecule is CC(C)(C)OC(=O)NC(C(=O)N1CC(Oc2nc(C3CC3)cc3ccccc23)CC1C(=O)O)C(C)(C)C. The van der Waals surface area contributed by atoms with E-state index in [1.54, 1.807) is 20.8 Å². The molecule has 0 radical (unpaired) electrons. The van der Waals surface area contributed by atoms with E-state index in [0.29, 0.717) is 11.8 Å². The number of hydrogen-bond acceptors (Lipinski definition) is 6. The van der Waals surface area contributed by atoms with Gasteiger partial charge in [0.05, 0.1) is 6.54 Å².